The molecular weight excluding hydrogens is 491 g/mol. The molecule has 2 atom stereocenters. The molecule has 8 heteroatoms. The molecule has 2 amide bonds. The number of carbonyl (C=O) groups is 2. The molecule has 2 unspecified atom stereocenters. The molecule has 0 saturated carbocycles. The van der Waals surface area contributed by atoms with Gasteiger partial charge < -0.3 is 15.0 Å². The summed E-state index contributed by atoms with van der Waals surface area (Å²) >= 11 is 15.3. The zero-order chi connectivity index (χ0) is 22.3. The number of nitrogens with one attached hydrogen (secondary N) is 1. The van der Waals surface area contributed by atoms with Gasteiger partial charge in [0.1, 0.15) is 11.8 Å². The number of hydrogen-bond acceptors (Lipinski definition) is 3. The highest BCUT2D eigenvalue weighted by molar-refractivity contribution is 9.10. The molecule has 0 radical (unpaired) electrons. The van der Waals surface area contributed by atoms with E-state index in [1.54, 1.807) is 37.3 Å². The predicted octanol–water partition coefficient (Wildman–Crippen LogP) is 5.47. The van der Waals surface area contributed by atoms with E-state index in [1.165, 1.54) is 4.90 Å². The van der Waals surface area contributed by atoms with Gasteiger partial charge in [-0.15, -0.1) is 0 Å². The van der Waals surface area contributed by atoms with Crippen LogP contribution in [0.1, 0.15) is 32.8 Å². The summed E-state index contributed by atoms with van der Waals surface area (Å²) in [7, 11) is 0. The minimum Gasteiger partial charge on any atom is -0.483 e. The van der Waals surface area contributed by atoms with Crippen LogP contribution in [0.5, 0.6) is 5.75 Å². The van der Waals surface area contributed by atoms with Crippen LogP contribution in [-0.2, 0) is 16.1 Å². The largest absolute Gasteiger partial charge is 0.483 e. The molecule has 2 aromatic carbocycles. The first-order valence-corrected chi connectivity index (χ1v) is 11.2. The number of halogens is 3. The van der Waals surface area contributed by atoms with Crippen molar-refractivity contribution in [2.45, 2.75) is 45.8 Å². The molecule has 0 saturated heterocycles. The van der Waals surface area contributed by atoms with Gasteiger partial charge in [0.15, 0.2) is 6.61 Å². The summed E-state index contributed by atoms with van der Waals surface area (Å²) in [6.45, 7) is 5.68. The summed E-state index contributed by atoms with van der Waals surface area (Å²) in [5.74, 6) is -0.0196. The first-order valence-electron chi connectivity index (χ1n) is 9.63. The van der Waals surface area contributed by atoms with Crippen molar-refractivity contribution in [1.82, 2.24) is 10.2 Å². The molecule has 0 heterocycles. The van der Waals surface area contributed by atoms with E-state index in [2.05, 4.69) is 21.2 Å². The van der Waals surface area contributed by atoms with Gasteiger partial charge in [-0.05, 0) is 72.1 Å². The molecule has 30 heavy (non-hydrogen) atoms. The van der Waals surface area contributed by atoms with Gasteiger partial charge in [0.05, 0.1) is 4.47 Å². The fraction of sp³-hybridized carbons (Fsp3) is 0.364. The lowest BCUT2D eigenvalue weighted by molar-refractivity contribution is -0.142. The van der Waals surface area contributed by atoms with Crippen molar-refractivity contribution in [3.63, 3.8) is 0 Å². The first-order chi connectivity index (χ1) is 14.2. The topological polar surface area (TPSA) is 58.6 Å². The number of nitrogens with zero attached hydrogens (tertiary/aromatic N) is 1. The zero-order valence-corrected chi connectivity index (χ0v) is 20.2. The van der Waals surface area contributed by atoms with Crippen molar-refractivity contribution in [1.29, 1.82) is 0 Å². The molecule has 0 fully saturated rings. The lowest BCUT2D eigenvalue weighted by Gasteiger charge is -2.29. The van der Waals surface area contributed by atoms with Crippen molar-refractivity contribution >= 4 is 50.9 Å². The number of carbonyl (C=O) groups excluding carboxylic acids is 2. The average Bonchev–Trinajstić information content (AvgIpc) is 2.71. The van der Waals surface area contributed by atoms with Gasteiger partial charge in [0.25, 0.3) is 5.91 Å². The third-order valence-electron chi connectivity index (χ3n) is 4.68. The Morgan fingerprint density at radius 2 is 1.73 bits per heavy atom. The number of ether oxygens (including phenoxy) is 1. The van der Waals surface area contributed by atoms with Crippen LogP contribution in [0.3, 0.4) is 0 Å². The van der Waals surface area contributed by atoms with Crippen molar-refractivity contribution in [2.75, 3.05) is 6.61 Å². The molecule has 0 aliphatic heterocycles. The van der Waals surface area contributed by atoms with Crippen LogP contribution < -0.4 is 10.1 Å². The molecule has 1 N–H and O–H groups in total. The number of rotatable bonds is 9. The smallest absolute Gasteiger partial charge is 0.261 e. The fourth-order valence-electron chi connectivity index (χ4n) is 2.65. The van der Waals surface area contributed by atoms with E-state index in [4.69, 9.17) is 27.9 Å². The molecule has 2 rings (SSSR count). The van der Waals surface area contributed by atoms with Gasteiger partial charge >= 0.3 is 0 Å². The van der Waals surface area contributed by atoms with Gasteiger partial charge in [-0.2, -0.15) is 0 Å². The predicted molar refractivity (Wildman–Crippen MR) is 124 cm³/mol. The molecule has 0 spiro atoms. The second-order valence-corrected chi connectivity index (χ2v) is 8.73. The quantitative estimate of drug-likeness (QED) is 0.482. The van der Waals surface area contributed by atoms with E-state index in [1.807, 2.05) is 26.0 Å². The summed E-state index contributed by atoms with van der Waals surface area (Å²) < 4.78 is 6.32. The Hall–Kier alpha value is -1.76. The summed E-state index contributed by atoms with van der Waals surface area (Å²) in [5.41, 5.74) is 0.864. The van der Waals surface area contributed by atoms with Crippen LogP contribution >= 0.6 is 39.1 Å². The number of benzene rings is 2. The van der Waals surface area contributed by atoms with E-state index >= 15 is 0 Å². The van der Waals surface area contributed by atoms with Crippen molar-refractivity contribution in [3.05, 3.63) is 62.5 Å². The van der Waals surface area contributed by atoms with Gasteiger partial charge in [-0.3, -0.25) is 9.59 Å². The van der Waals surface area contributed by atoms with Crippen molar-refractivity contribution in [2.24, 2.45) is 0 Å². The molecular formula is C22H25BrCl2N2O3. The Kier molecular flexibility index (Phi) is 9.46. The number of hydrogen-bond donors (Lipinski definition) is 1. The molecule has 5 nitrogen and oxygen atoms in total. The highest BCUT2D eigenvalue weighted by Crippen LogP contribution is 2.28. The molecule has 0 aliphatic rings. The molecule has 0 aromatic heterocycles. The van der Waals surface area contributed by atoms with Crippen LogP contribution in [-0.4, -0.2) is 35.4 Å². The standard InChI is InChI=1S/C22H25BrCl2N2O3/c1-4-14(2)26-22(29)15(3)27(12-16-5-7-17(24)8-6-16)21(28)13-30-20-10-9-18(25)11-19(20)23/h5-11,14-15H,4,12-13H2,1-3H3,(H,26,29). The summed E-state index contributed by atoms with van der Waals surface area (Å²) in [5, 5.41) is 4.09. The van der Waals surface area contributed by atoms with Gasteiger partial charge in [-0.1, -0.05) is 42.3 Å². The van der Waals surface area contributed by atoms with Crippen LogP contribution in [0.4, 0.5) is 0 Å². The van der Waals surface area contributed by atoms with E-state index in [-0.39, 0.29) is 31.0 Å². The zero-order valence-electron chi connectivity index (χ0n) is 17.1. The monoisotopic (exact) mass is 514 g/mol. The normalized spacial score (nSPS) is 12.7. The van der Waals surface area contributed by atoms with Gasteiger partial charge in [0.2, 0.25) is 5.91 Å². The Balaban J connectivity index is 2.16. The Morgan fingerprint density at radius 1 is 1.10 bits per heavy atom. The van der Waals surface area contributed by atoms with E-state index < -0.39 is 6.04 Å². The third kappa shape index (κ3) is 7.18. The maximum absolute atomic E-state index is 13.0. The van der Waals surface area contributed by atoms with Gasteiger partial charge in [-0.25, -0.2) is 0 Å². The van der Waals surface area contributed by atoms with Crippen LogP contribution in [0, 0.1) is 0 Å². The molecule has 2 aromatic rings. The Bertz CT molecular complexity index is 877. The molecule has 0 aliphatic carbocycles. The van der Waals surface area contributed by atoms with Crippen molar-refractivity contribution in [3.8, 4) is 5.75 Å². The molecule has 162 valence electrons. The maximum atomic E-state index is 13.0. The van der Waals surface area contributed by atoms with E-state index in [9.17, 15) is 9.59 Å². The van der Waals surface area contributed by atoms with Crippen LogP contribution in [0.2, 0.25) is 10.0 Å². The lowest BCUT2D eigenvalue weighted by Crippen LogP contribution is -2.50. The summed E-state index contributed by atoms with van der Waals surface area (Å²) in [4.78, 5) is 27.2. The highest BCUT2D eigenvalue weighted by atomic mass is 79.9. The highest BCUT2D eigenvalue weighted by Gasteiger charge is 2.27. The Morgan fingerprint density at radius 3 is 2.33 bits per heavy atom. The second-order valence-electron chi connectivity index (χ2n) is 7.01. The minimum absolute atomic E-state index is 0.0220. The summed E-state index contributed by atoms with van der Waals surface area (Å²) in [6.07, 6.45) is 0.803. The van der Waals surface area contributed by atoms with Crippen LogP contribution in [0.15, 0.2) is 46.9 Å². The number of amides is 2. The first kappa shape index (κ1) is 24.5. The third-order valence-corrected chi connectivity index (χ3v) is 5.79. The minimum atomic E-state index is -0.667. The fourth-order valence-corrected chi connectivity index (χ4v) is 3.57. The SMILES string of the molecule is CCC(C)NC(=O)C(C)N(Cc1ccc(Cl)cc1)C(=O)COc1ccc(Cl)cc1Br. The maximum Gasteiger partial charge on any atom is 0.261 e. The average molecular weight is 516 g/mol. The Labute approximate surface area is 195 Å². The van der Waals surface area contributed by atoms with Crippen LogP contribution in [0.25, 0.3) is 0 Å². The summed E-state index contributed by atoms with van der Waals surface area (Å²) in [6, 6.07) is 11.6. The lowest BCUT2D eigenvalue weighted by atomic mass is 10.1. The molecule has 0 bridgehead atoms. The van der Waals surface area contributed by atoms with Crippen molar-refractivity contribution < 1.29 is 14.3 Å². The van der Waals surface area contributed by atoms with E-state index in [0.29, 0.717) is 20.3 Å². The van der Waals surface area contributed by atoms with E-state index in [0.717, 1.165) is 12.0 Å². The van der Waals surface area contributed by atoms with Gasteiger partial charge in [0, 0.05) is 22.6 Å². The second kappa shape index (κ2) is 11.6.